The van der Waals surface area contributed by atoms with E-state index in [1.807, 2.05) is 6.92 Å². The molecule has 1 rings (SSSR count). The SMILES string of the molecule is CCCC(C(=O)Nc1ccc(F)c(OC)c1)C(N)=S. The highest BCUT2D eigenvalue weighted by Gasteiger charge is 2.20. The molecular weight excluding hydrogens is 267 g/mol. The number of thiocarbonyl (C=S) groups is 1. The minimum atomic E-state index is -0.518. The summed E-state index contributed by atoms with van der Waals surface area (Å²) in [6.45, 7) is 1.94. The number of rotatable bonds is 6. The zero-order chi connectivity index (χ0) is 14.4. The molecule has 0 aliphatic heterocycles. The molecule has 0 aromatic heterocycles. The number of hydrogen-bond acceptors (Lipinski definition) is 3. The van der Waals surface area contributed by atoms with Gasteiger partial charge in [-0.1, -0.05) is 25.6 Å². The fraction of sp³-hybridized carbons (Fsp3) is 0.385. The van der Waals surface area contributed by atoms with Crippen LogP contribution in [0.2, 0.25) is 0 Å². The number of benzene rings is 1. The first-order valence-corrected chi connectivity index (χ1v) is 6.34. The van der Waals surface area contributed by atoms with E-state index < -0.39 is 11.7 Å². The summed E-state index contributed by atoms with van der Waals surface area (Å²) in [5.74, 6) is -1.22. The number of nitrogens with one attached hydrogen (secondary N) is 1. The summed E-state index contributed by atoms with van der Waals surface area (Å²) in [6.07, 6.45) is 1.38. The average Bonchev–Trinajstić information content (AvgIpc) is 2.37. The van der Waals surface area contributed by atoms with Gasteiger partial charge < -0.3 is 15.8 Å². The van der Waals surface area contributed by atoms with E-state index in [9.17, 15) is 9.18 Å². The van der Waals surface area contributed by atoms with Crippen LogP contribution in [0.1, 0.15) is 19.8 Å². The van der Waals surface area contributed by atoms with Gasteiger partial charge >= 0.3 is 0 Å². The van der Waals surface area contributed by atoms with Gasteiger partial charge in [0, 0.05) is 11.8 Å². The maximum atomic E-state index is 13.2. The van der Waals surface area contributed by atoms with Crippen molar-refractivity contribution >= 4 is 28.8 Å². The Morgan fingerprint density at radius 3 is 2.79 bits per heavy atom. The highest BCUT2D eigenvalue weighted by molar-refractivity contribution is 7.80. The predicted octanol–water partition coefficient (Wildman–Crippen LogP) is 2.48. The number of ether oxygens (including phenoxy) is 1. The number of amides is 1. The Labute approximate surface area is 117 Å². The lowest BCUT2D eigenvalue weighted by molar-refractivity contribution is -0.118. The molecule has 0 radical (unpaired) electrons. The third-order valence-electron chi connectivity index (χ3n) is 2.66. The minimum Gasteiger partial charge on any atom is -0.494 e. The van der Waals surface area contributed by atoms with Crippen molar-refractivity contribution in [2.24, 2.45) is 11.7 Å². The summed E-state index contributed by atoms with van der Waals surface area (Å²) in [5, 5.41) is 2.66. The fourth-order valence-corrected chi connectivity index (χ4v) is 1.88. The van der Waals surface area contributed by atoms with Gasteiger partial charge in [-0.05, 0) is 18.6 Å². The molecule has 1 unspecified atom stereocenters. The first-order valence-electron chi connectivity index (χ1n) is 5.93. The third-order valence-corrected chi connectivity index (χ3v) is 2.94. The van der Waals surface area contributed by atoms with Crippen molar-refractivity contribution in [3.63, 3.8) is 0 Å². The van der Waals surface area contributed by atoms with Gasteiger partial charge in [-0.3, -0.25) is 4.79 Å². The number of methoxy groups -OCH3 is 1. The van der Waals surface area contributed by atoms with Crippen molar-refractivity contribution in [1.82, 2.24) is 0 Å². The highest BCUT2D eigenvalue weighted by Crippen LogP contribution is 2.22. The van der Waals surface area contributed by atoms with Gasteiger partial charge in [0.25, 0.3) is 0 Å². The van der Waals surface area contributed by atoms with Gasteiger partial charge in [-0.15, -0.1) is 0 Å². The number of hydrogen-bond donors (Lipinski definition) is 2. The van der Waals surface area contributed by atoms with E-state index >= 15 is 0 Å². The Hall–Kier alpha value is -1.69. The summed E-state index contributed by atoms with van der Waals surface area (Å²) in [7, 11) is 1.36. The monoisotopic (exact) mass is 284 g/mol. The van der Waals surface area contributed by atoms with Crippen molar-refractivity contribution in [1.29, 1.82) is 0 Å². The van der Waals surface area contributed by atoms with Gasteiger partial charge in [0.05, 0.1) is 18.0 Å². The molecule has 19 heavy (non-hydrogen) atoms. The molecule has 104 valence electrons. The maximum Gasteiger partial charge on any atom is 0.234 e. The Morgan fingerprint density at radius 2 is 2.26 bits per heavy atom. The van der Waals surface area contributed by atoms with Crippen molar-refractivity contribution in [2.45, 2.75) is 19.8 Å². The Kier molecular flexibility index (Phi) is 5.69. The van der Waals surface area contributed by atoms with E-state index in [1.54, 1.807) is 0 Å². The Morgan fingerprint density at radius 1 is 1.58 bits per heavy atom. The Bertz CT molecular complexity index is 480. The lowest BCUT2D eigenvalue weighted by Gasteiger charge is -2.15. The molecule has 0 fully saturated rings. The highest BCUT2D eigenvalue weighted by atomic mass is 32.1. The summed E-state index contributed by atoms with van der Waals surface area (Å²) in [5.41, 5.74) is 5.99. The van der Waals surface area contributed by atoms with Crippen LogP contribution in [0, 0.1) is 11.7 Å². The van der Waals surface area contributed by atoms with E-state index in [0.717, 1.165) is 6.42 Å². The summed E-state index contributed by atoms with van der Waals surface area (Å²) >= 11 is 4.88. The molecule has 3 N–H and O–H groups in total. The predicted molar refractivity (Wildman–Crippen MR) is 76.8 cm³/mol. The molecule has 4 nitrogen and oxygen atoms in total. The standard InChI is InChI=1S/C13H17FN2O2S/c1-3-4-9(12(15)19)13(17)16-8-5-6-10(14)11(7-8)18-2/h5-7,9H,3-4H2,1-2H3,(H2,15,19)(H,16,17). The molecule has 0 saturated heterocycles. The quantitative estimate of drug-likeness (QED) is 0.788. The van der Waals surface area contributed by atoms with Crippen LogP contribution in [0.25, 0.3) is 0 Å². The maximum absolute atomic E-state index is 13.2. The van der Waals surface area contributed by atoms with Crippen molar-refractivity contribution in [2.75, 3.05) is 12.4 Å². The number of carbonyl (C=O) groups excluding carboxylic acids is 1. The molecule has 1 aromatic carbocycles. The van der Waals surface area contributed by atoms with E-state index in [4.69, 9.17) is 22.7 Å². The number of anilines is 1. The van der Waals surface area contributed by atoms with Gasteiger partial charge in [0.2, 0.25) is 5.91 Å². The van der Waals surface area contributed by atoms with Gasteiger partial charge in [0.15, 0.2) is 11.6 Å². The van der Waals surface area contributed by atoms with E-state index in [2.05, 4.69) is 5.32 Å². The van der Waals surface area contributed by atoms with Crippen molar-refractivity contribution in [3.05, 3.63) is 24.0 Å². The van der Waals surface area contributed by atoms with Gasteiger partial charge in [-0.2, -0.15) is 0 Å². The van der Waals surface area contributed by atoms with E-state index in [0.29, 0.717) is 12.1 Å². The summed E-state index contributed by atoms with van der Waals surface area (Å²) in [4.78, 5) is 12.2. The van der Waals surface area contributed by atoms with E-state index in [-0.39, 0.29) is 16.6 Å². The molecule has 0 heterocycles. The van der Waals surface area contributed by atoms with Crippen molar-refractivity contribution in [3.8, 4) is 5.75 Å². The summed E-state index contributed by atoms with van der Waals surface area (Å²) < 4.78 is 18.1. The lowest BCUT2D eigenvalue weighted by Crippen LogP contribution is -2.33. The van der Waals surface area contributed by atoms with Crippen LogP contribution >= 0.6 is 12.2 Å². The molecule has 0 aliphatic rings. The van der Waals surface area contributed by atoms with Crippen LogP contribution in [0.3, 0.4) is 0 Å². The molecular formula is C13H17FN2O2S. The van der Waals surface area contributed by atoms with Crippen LogP contribution in [0.4, 0.5) is 10.1 Å². The normalized spacial score (nSPS) is 11.7. The van der Waals surface area contributed by atoms with E-state index in [1.165, 1.54) is 25.3 Å². The van der Waals surface area contributed by atoms with Gasteiger partial charge in [0.1, 0.15) is 0 Å². The van der Waals surface area contributed by atoms with Crippen LogP contribution in [-0.2, 0) is 4.79 Å². The largest absolute Gasteiger partial charge is 0.494 e. The molecule has 0 spiro atoms. The summed E-state index contributed by atoms with van der Waals surface area (Å²) in [6, 6.07) is 4.10. The van der Waals surface area contributed by atoms with Gasteiger partial charge in [-0.25, -0.2) is 4.39 Å². The van der Waals surface area contributed by atoms with Crippen LogP contribution in [0.15, 0.2) is 18.2 Å². The molecule has 0 bridgehead atoms. The molecule has 1 aromatic rings. The smallest absolute Gasteiger partial charge is 0.234 e. The fourth-order valence-electron chi connectivity index (χ4n) is 1.66. The second-order valence-corrected chi connectivity index (χ2v) is 4.55. The number of nitrogens with two attached hydrogens (primary N) is 1. The van der Waals surface area contributed by atoms with Crippen LogP contribution < -0.4 is 15.8 Å². The second-order valence-electron chi connectivity index (χ2n) is 4.08. The first kappa shape index (κ1) is 15.4. The average molecular weight is 284 g/mol. The molecule has 6 heteroatoms. The third kappa shape index (κ3) is 4.17. The topological polar surface area (TPSA) is 64.3 Å². The van der Waals surface area contributed by atoms with Crippen LogP contribution in [0.5, 0.6) is 5.75 Å². The number of carbonyl (C=O) groups is 1. The zero-order valence-electron chi connectivity index (χ0n) is 10.9. The van der Waals surface area contributed by atoms with Crippen LogP contribution in [-0.4, -0.2) is 18.0 Å². The minimum absolute atomic E-state index is 0.0696. The number of halogens is 1. The Balaban J connectivity index is 2.83. The molecule has 0 aliphatic carbocycles. The first-order chi connectivity index (χ1) is 8.99. The molecule has 1 atom stereocenters. The molecule has 0 saturated carbocycles. The molecule has 1 amide bonds. The lowest BCUT2D eigenvalue weighted by atomic mass is 10.0. The second kappa shape index (κ2) is 7.04. The zero-order valence-corrected chi connectivity index (χ0v) is 11.7. The van der Waals surface area contributed by atoms with Crippen molar-refractivity contribution < 1.29 is 13.9 Å².